The summed E-state index contributed by atoms with van der Waals surface area (Å²) in [7, 11) is -2.57. The monoisotopic (exact) mass is 334 g/mol. The number of benzene rings is 2. The van der Waals surface area contributed by atoms with E-state index in [1.54, 1.807) is 42.5 Å². The summed E-state index contributed by atoms with van der Waals surface area (Å²) >= 11 is 0. The molecule has 0 N–H and O–H groups in total. The molecule has 0 saturated carbocycles. The largest absolute Gasteiger partial charge is 0.495 e. The number of carbonyl (C=O) groups is 1. The molecule has 23 heavy (non-hydrogen) atoms. The number of rotatable bonds is 7. The van der Waals surface area contributed by atoms with Gasteiger partial charge in [0.05, 0.1) is 7.11 Å². The minimum atomic E-state index is -3.97. The summed E-state index contributed by atoms with van der Waals surface area (Å²) in [6.07, 6.45) is 1.08. The third-order valence-corrected chi connectivity index (χ3v) is 4.52. The average Bonchev–Trinajstić information content (AvgIpc) is 2.53. The van der Waals surface area contributed by atoms with Crippen LogP contribution in [0.25, 0.3) is 0 Å². The summed E-state index contributed by atoms with van der Waals surface area (Å²) in [4.78, 5) is 10.9. The number of hydrogen-bond acceptors (Lipinski definition) is 5. The Morgan fingerprint density at radius 1 is 1.04 bits per heavy atom. The molecule has 122 valence electrons. The molecule has 0 aliphatic rings. The molecule has 0 spiro atoms. The molecule has 2 aromatic carbocycles. The zero-order chi connectivity index (χ0) is 16.9. The van der Waals surface area contributed by atoms with Gasteiger partial charge in [0.2, 0.25) is 0 Å². The van der Waals surface area contributed by atoms with Crippen LogP contribution in [0.15, 0.2) is 53.4 Å². The Morgan fingerprint density at radius 3 is 2.30 bits per heavy atom. The van der Waals surface area contributed by atoms with Gasteiger partial charge in [0.15, 0.2) is 0 Å². The number of Topliss-reactive ketones (excluding diaryl/α,β-unsaturated/α-hetero) is 1. The molecule has 6 heteroatoms. The van der Waals surface area contributed by atoms with Crippen LogP contribution in [-0.2, 0) is 21.3 Å². The van der Waals surface area contributed by atoms with Crippen molar-refractivity contribution in [3.05, 3.63) is 54.1 Å². The van der Waals surface area contributed by atoms with Gasteiger partial charge in [0.25, 0.3) is 0 Å². The minimum absolute atomic E-state index is 0.0249. The van der Waals surface area contributed by atoms with E-state index in [4.69, 9.17) is 8.92 Å². The first-order valence-corrected chi connectivity index (χ1v) is 8.49. The van der Waals surface area contributed by atoms with Gasteiger partial charge in [-0.2, -0.15) is 8.42 Å². The predicted octanol–water partition coefficient (Wildman–Crippen LogP) is 2.98. The number of hydrogen-bond donors (Lipinski definition) is 0. The number of methoxy groups -OCH3 is 1. The van der Waals surface area contributed by atoms with Crippen LogP contribution in [0, 0.1) is 0 Å². The van der Waals surface area contributed by atoms with E-state index in [-0.39, 0.29) is 22.2 Å². The van der Waals surface area contributed by atoms with Crippen molar-refractivity contribution in [1.29, 1.82) is 0 Å². The number of para-hydroxylation sites is 1. The molecule has 0 saturated heterocycles. The fraction of sp³-hybridized carbons (Fsp3) is 0.235. The number of ether oxygens (including phenoxy) is 1. The van der Waals surface area contributed by atoms with Crippen LogP contribution in [-0.4, -0.2) is 21.3 Å². The fourth-order valence-electron chi connectivity index (χ4n) is 2.03. The van der Waals surface area contributed by atoms with Crippen LogP contribution >= 0.6 is 0 Å². The van der Waals surface area contributed by atoms with Crippen molar-refractivity contribution in [2.24, 2.45) is 0 Å². The van der Waals surface area contributed by atoms with Gasteiger partial charge in [0, 0.05) is 6.42 Å². The van der Waals surface area contributed by atoms with Gasteiger partial charge in [-0.25, -0.2) is 0 Å². The molecule has 0 aliphatic carbocycles. The van der Waals surface area contributed by atoms with Crippen molar-refractivity contribution in [2.75, 3.05) is 7.11 Å². The van der Waals surface area contributed by atoms with Gasteiger partial charge in [-0.3, -0.25) is 0 Å². The fourth-order valence-corrected chi connectivity index (χ4v) is 3.13. The van der Waals surface area contributed by atoms with Gasteiger partial charge in [-0.05, 0) is 43.2 Å². The highest BCUT2D eigenvalue weighted by atomic mass is 32.2. The summed E-state index contributed by atoms with van der Waals surface area (Å²) < 4.78 is 34.9. The molecule has 0 atom stereocenters. The average molecular weight is 334 g/mol. The molecule has 5 nitrogen and oxygen atoms in total. The van der Waals surface area contributed by atoms with E-state index in [1.807, 2.05) is 0 Å². The third kappa shape index (κ3) is 4.56. The number of carbonyl (C=O) groups excluding carboxylic acids is 1. The van der Waals surface area contributed by atoms with Crippen LogP contribution in [0.4, 0.5) is 0 Å². The SMILES string of the molecule is COc1ccccc1S(=O)(=O)Oc1ccc(CCC(C)=O)cc1. The lowest BCUT2D eigenvalue weighted by Gasteiger charge is -2.10. The lowest BCUT2D eigenvalue weighted by molar-refractivity contribution is -0.116. The van der Waals surface area contributed by atoms with Crippen molar-refractivity contribution >= 4 is 15.9 Å². The van der Waals surface area contributed by atoms with Gasteiger partial charge in [-0.1, -0.05) is 24.3 Å². The second-order valence-electron chi connectivity index (χ2n) is 5.03. The van der Waals surface area contributed by atoms with Gasteiger partial charge < -0.3 is 13.7 Å². The van der Waals surface area contributed by atoms with Crippen molar-refractivity contribution in [3.8, 4) is 11.5 Å². The van der Waals surface area contributed by atoms with Gasteiger partial charge in [-0.15, -0.1) is 0 Å². The lowest BCUT2D eigenvalue weighted by Crippen LogP contribution is -2.11. The van der Waals surface area contributed by atoms with Crippen LogP contribution < -0.4 is 8.92 Å². The highest BCUT2D eigenvalue weighted by Crippen LogP contribution is 2.26. The number of ketones is 1. The number of aryl methyl sites for hydroxylation is 1. The quantitative estimate of drug-likeness (QED) is 0.728. The Hall–Kier alpha value is -2.34. The molecule has 2 aromatic rings. The standard InChI is InChI=1S/C17H18O5S/c1-13(18)7-8-14-9-11-15(12-10-14)22-23(19,20)17-6-4-3-5-16(17)21-2/h3-6,9-12H,7-8H2,1-2H3. The van der Waals surface area contributed by atoms with Crippen LogP contribution in [0.2, 0.25) is 0 Å². The van der Waals surface area contributed by atoms with Crippen LogP contribution in [0.3, 0.4) is 0 Å². The summed E-state index contributed by atoms with van der Waals surface area (Å²) in [5.74, 6) is 0.553. The lowest BCUT2D eigenvalue weighted by atomic mass is 10.1. The first-order chi connectivity index (χ1) is 10.9. The van der Waals surface area contributed by atoms with E-state index in [1.165, 1.54) is 20.1 Å². The molecule has 0 aromatic heterocycles. The highest BCUT2D eigenvalue weighted by Gasteiger charge is 2.21. The van der Waals surface area contributed by atoms with Gasteiger partial charge in [0.1, 0.15) is 22.2 Å². The Labute approximate surface area is 136 Å². The molecule has 0 amide bonds. The Kier molecular flexibility index (Phi) is 5.39. The third-order valence-electron chi connectivity index (χ3n) is 3.23. The Balaban J connectivity index is 2.16. The molecular formula is C17H18O5S. The molecule has 0 fully saturated rings. The van der Waals surface area contributed by atoms with E-state index in [9.17, 15) is 13.2 Å². The first kappa shape index (κ1) is 17.0. The summed E-state index contributed by atoms with van der Waals surface area (Å²) in [5, 5.41) is 0. The van der Waals surface area contributed by atoms with Crippen LogP contribution in [0.5, 0.6) is 11.5 Å². The molecule has 0 radical (unpaired) electrons. The molecule has 0 bridgehead atoms. The van der Waals surface area contributed by atoms with E-state index in [2.05, 4.69) is 0 Å². The normalized spacial score (nSPS) is 11.0. The maximum Gasteiger partial charge on any atom is 0.342 e. The van der Waals surface area contributed by atoms with Gasteiger partial charge >= 0.3 is 10.1 Å². The molecule has 0 aliphatic heterocycles. The smallest absolute Gasteiger partial charge is 0.342 e. The zero-order valence-corrected chi connectivity index (χ0v) is 13.8. The van der Waals surface area contributed by atoms with Crippen molar-refractivity contribution < 1.29 is 22.1 Å². The maximum absolute atomic E-state index is 12.3. The molecule has 0 heterocycles. The van der Waals surface area contributed by atoms with E-state index in [0.717, 1.165) is 5.56 Å². The van der Waals surface area contributed by atoms with Crippen molar-refractivity contribution in [2.45, 2.75) is 24.7 Å². The Morgan fingerprint density at radius 2 is 1.70 bits per heavy atom. The van der Waals surface area contributed by atoms with Crippen LogP contribution in [0.1, 0.15) is 18.9 Å². The molecule has 0 unspecified atom stereocenters. The van der Waals surface area contributed by atoms with E-state index >= 15 is 0 Å². The van der Waals surface area contributed by atoms with Crippen molar-refractivity contribution in [3.63, 3.8) is 0 Å². The Bertz CT molecular complexity index is 779. The maximum atomic E-state index is 12.3. The summed E-state index contributed by atoms with van der Waals surface area (Å²) in [6, 6.07) is 12.9. The zero-order valence-electron chi connectivity index (χ0n) is 13.0. The second kappa shape index (κ2) is 7.28. The highest BCUT2D eigenvalue weighted by molar-refractivity contribution is 7.87. The minimum Gasteiger partial charge on any atom is -0.495 e. The first-order valence-electron chi connectivity index (χ1n) is 7.08. The van der Waals surface area contributed by atoms with E-state index in [0.29, 0.717) is 12.8 Å². The molecule has 2 rings (SSSR count). The van der Waals surface area contributed by atoms with Crippen molar-refractivity contribution in [1.82, 2.24) is 0 Å². The topological polar surface area (TPSA) is 69.7 Å². The summed E-state index contributed by atoms with van der Waals surface area (Å²) in [5.41, 5.74) is 0.947. The van der Waals surface area contributed by atoms with E-state index < -0.39 is 10.1 Å². The predicted molar refractivity (Wildman–Crippen MR) is 86.3 cm³/mol. The summed E-state index contributed by atoms with van der Waals surface area (Å²) in [6.45, 7) is 1.54. The second-order valence-corrected chi connectivity index (χ2v) is 6.55. The molecular weight excluding hydrogens is 316 g/mol.